The van der Waals surface area contributed by atoms with Crippen molar-refractivity contribution in [3.63, 3.8) is 0 Å². The quantitative estimate of drug-likeness (QED) is 0.755. The van der Waals surface area contributed by atoms with Gasteiger partial charge in [-0.25, -0.2) is 0 Å². The number of carbonyl (C=O) groups excluding carboxylic acids is 1. The zero-order valence-corrected chi connectivity index (χ0v) is 12.5. The van der Waals surface area contributed by atoms with Gasteiger partial charge in [0.05, 0.1) is 11.0 Å². The predicted octanol–water partition coefficient (Wildman–Crippen LogP) is 2.87. The van der Waals surface area contributed by atoms with Gasteiger partial charge in [-0.1, -0.05) is 38.9 Å². The van der Waals surface area contributed by atoms with Gasteiger partial charge in [0.15, 0.2) is 0 Å². The average Bonchev–Trinajstić information content (AvgIpc) is 2.39. The third-order valence-electron chi connectivity index (χ3n) is 3.86. The first-order valence-electron chi connectivity index (χ1n) is 7.21. The molecule has 1 rings (SSSR count). The fourth-order valence-corrected chi connectivity index (χ4v) is 2.92. The highest BCUT2D eigenvalue weighted by Crippen LogP contribution is 2.23. The molecule has 0 spiro atoms. The van der Waals surface area contributed by atoms with Gasteiger partial charge >= 0.3 is 0 Å². The lowest BCUT2D eigenvalue weighted by Crippen LogP contribution is -2.51. The smallest absolute Gasteiger partial charge is 0.226 e. The van der Waals surface area contributed by atoms with Gasteiger partial charge in [0.25, 0.3) is 0 Å². The average molecular weight is 270 g/mol. The molecule has 104 valence electrons. The molecule has 4 heteroatoms. The summed E-state index contributed by atoms with van der Waals surface area (Å²) in [6, 6.07) is -0.00285. The molecule has 1 saturated heterocycles. The van der Waals surface area contributed by atoms with Gasteiger partial charge in [-0.15, -0.1) is 0 Å². The number of piperidine rings is 1. The van der Waals surface area contributed by atoms with Crippen molar-refractivity contribution in [2.75, 3.05) is 6.54 Å². The van der Waals surface area contributed by atoms with Crippen LogP contribution in [0.3, 0.4) is 0 Å². The number of thiocarbonyl (C=S) groups is 1. The Bertz CT molecular complexity index is 294. The highest BCUT2D eigenvalue weighted by molar-refractivity contribution is 7.80. The van der Waals surface area contributed by atoms with Gasteiger partial charge in [-0.05, 0) is 32.1 Å². The number of amides is 1. The van der Waals surface area contributed by atoms with Crippen LogP contribution in [0.1, 0.15) is 58.8 Å². The van der Waals surface area contributed by atoms with Gasteiger partial charge in [-0.2, -0.15) is 0 Å². The summed E-state index contributed by atoms with van der Waals surface area (Å²) in [6.07, 6.45) is 7.31. The number of rotatable bonds is 6. The van der Waals surface area contributed by atoms with E-state index in [0.717, 1.165) is 51.5 Å². The summed E-state index contributed by atoms with van der Waals surface area (Å²) >= 11 is 5.11. The Hall–Kier alpha value is -0.640. The molecule has 2 unspecified atom stereocenters. The standard InChI is InChI=1S/C14H26N2OS/c1-3-5-8-11(4-2)14(17)16-10-7-6-9-12(16)13(15)18/h11-12H,3-10H2,1-2H3,(H2,15,18). The van der Waals surface area contributed by atoms with Crippen LogP contribution in [-0.2, 0) is 4.79 Å². The molecule has 0 saturated carbocycles. The highest BCUT2D eigenvalue weighted by Gasteiger charge is 2.31. The first-order valence-corrected chi connectivity index (χ1v) is 7.62. The molecule has 3 nitrogen and oxygen atoms in total. The van der Waals surface area contributed by atoms with Crippen molar-refractivity contribution in [3.8, 4) is 0 Å². The first-order chi connectivity index (χ1) is 8.61. The molecule has 1 fully saturated rings. The van der Waals surface area contributed by atoms with Crippen LogP contribution < -0.4 is 5.73 Å². The Kier molecular flexibility index (Phi) is 6.61. The maximum atomic E-state index is 12.6. The maximum absolute atomic E-state index is 12.6. The Labute approximate surface area is 116 Å². The topological polar surface area (TPSA) is 46.3 Å². The van der Waals surface area contributed by atoms with E-state index in [2.05, 4.69) is 13.8 Å². The Balaban J connectivity index is 2.68. The van der Waals surface area contributed by atoms with Crippen LogP contribution in [0.15, 0.2) is 0 Å². The van der Waals surface area contributed by atoms with Gasteiger partial charge in [0.2, 0.25) is 5.91 Å². The van der Waals surface area contributed by atoms with Crippen LogP contribution in [0.4, 0.5) is 0 Å². The number of unbranched alkanes of at least 4 members (excludes halogenated alkanes) is 1. The van der Waals surface area contributed by atoms with Crippen LogP contribution >= 0.6 is 12.2 Å². The molecule has 0 bridgehead atoms. The van der Waals surface area contributed by atoms with Crippen molar-refractivity contribution in [2.45, 2.75) is 64.8 Å². The van der Waals surface area contributed by atoms with E-state index in [4.69, 9.17) is 18.0 Å². The minimum atomic E-state index is -0.00285. The zero-order chi connectivity index (χ0) is 13.5. The van der Waals surface area contributed by atoms with E-state index in [1.54, 1.807) is 0 Å². The van der Waals surface area contributed by atoms with E-state index in [-0.39, 0.29) is 17.9 Å². The van der Waals surface area contributed by atoms with Crippen molar-refractivity contribution in [1.82, 2.24) is 4.90 Å². The first kappa shape index (κ1) is 15.4. The number of carbonyl (C=O) groups is 1. The van der Waals surface area contributed by atoms with Crippen molar-refractivity contribution in [3.05, 3.63) is 0 Å². The predicted molar refractivity (Wildman–Crippen MR) is 79.4 cm³/mol. The second-order valence-electron chi connectivity index (χ2n) is 5.19. The lowest BCUT2D eigenvalue weighted by Gasteiger charge is -2.37. The minimum absolute atomic E-state index is 0.00285. The molecule has 0 aromatic rings. The molecule has 0 aromatic carbocycles. The van der Waals surface area contributed by atoms with E-state index in [1.807, 2.05) is 4.90 Å². The number of nitrogens with two attached hydrogens (primary N) is 1. The lowest BCUT2D eigenvalue weighted by molar-refractivity contribution is -0.138. The third kappa shape index (κ3) is 3.94. The van der Waals surface area contributed by atoms with Crippen LogP contribution in [0.2, 0.25) is 0 Å². The fourth-order valence-electron chi connectivity index (χ4n) is 2.68. The molecule has 0 aliphatic carbocycles. The summed E-state index contributed by atoms with van der Waals surface area (Å²) in [5, 5.41) is 0. The summed E-state index contributed by atoms with van der Waals surface area (Å²) in [7, 11) is 0. The number of hydrogen-bond donors (Lipinski definition) is 1. The molecular weight excluding hydrogens is 244 g/mol. The summed E-state index contributed by atoms with van der Waals surface area (Å²) in [5.74, 6) is 0.420. The number of hydrogen-bond acceptors (Lipinski definition) is 2. The molecule has 1 aliphatic rings. The minimum Gasteiger partial charge on any atom is -0.392 e. The van der Waals surface area contributed by atoms with Crippen molar-refractivity contribution in [1.29, 1.82) is 0 Å². The summed E-state index contributed by atoms with van der Waals surface area (Å²) in [6.45, 7) is 5.08. The normalized spacial score (nSPS) is 21.7. The Morgan fingerprint density at radius 3 is 2.72 bits per heavy atom. The van der Waals surface area contributed by atoms with Crippen molar-refractivity contribution < 1.29 is 4.79 Å². The van der Waals surface area contributed by atoms with Gasteiger partial charge in [-0.3, -0.25) is 4.79 Å². The van der Waals surface area contributed by atoms with Crippen LogP contribution in [0.5, 0.6) is 0 Å². The van der Waals surface area contributed by atoms with Crippen molar-refractivity contribution in [2.24, 2.45) is 11.7 Å². The third-order valence-corrected chi connectivity index (χ3v) is 4.13. The van der Waals surface area contributed by atoms with Crippen molar-refractivity contribution >= 4 is 23.1 Å². The Morgan fingerprint density at radius 2 is 2.17 bits per heavy atom. The van der Waals surface area contributed by atoms with Gasteiger partial charge < -0.3 is 10.6 Å². The molecule has 0 aromatic heterocycles. The summed E-state index contributed by atoms with van der Waals surface area (Å²) < 4.78 is 0. The maximum Gasteiger partial charge on any atom is 0.226 e. The van der Waals surface area contributed by atoms with Gasteiger partial charge in [0, 0.05) is 12.5 Å². The molecule has 1 amide bonds. The molecule has 2 atom stereocenters. The summed E-state index contributed by atoms with van der Waals surface area (Å²) in [4.78, 5) is 15.0. The second kappa shape index (κ2) is 7.72. The van der Waals surface area contributed by atoms with Crippen LogP contribution in [0, 0.1) is 5.92 Å². The van der Waals surface area contributed by atoms with E-state index >= 15 is 0 Å². The summed E-state index contributed by atoms with van der Waals surface area (Å²) in [5.41, 5.74) is 5.77. The van der Waals surface area contributed by atoms with Crippen LogP contribution in [-0.4, -0.2) is 28.4 Å². The molecule has 1 aliphatic heterocycles. The Morgan fingerprint density at radius 1 is 1.44 bits per heavy atom. The molecular formula is C14H26N2OS. The van der Waals surface area contributed by atoms with Gasteiger partial charge in [0.1, 0.15) is 0 Å². The fraction of sp³-hybridized carbons (Fsp3) is 0.857. The zero-order valence-electron chi connectivity index (χ0n) is 11.7. The largest absolute Gasteiger partial charge is 0.392 e. The monoisotopic (exact) mass is 270 g/mol. The lowest BCUT2D eigenvalue weighted by atomic mass is 9.94. The second-order valence-corrected chi connectivity index (χ2v) is 5.66. The molecule has 18 heavy (non-hydrogen) atoms. The van der Waals surface area contributed by atoms with Crippen LogP contribution in [0.25, 0.3) is 0 Å². The molecule has 2 N–H and O–H groups in total. The van der Waals surface area contributed by atoms with E-state index in [1.165, 1.54) is 0 Å². The SMILES string of the molecule is CCCCC(CC)C(=O)N1CCCCC1C(N)=S. The molecule has 1 heterocycles. The number of likely N-dealkylation sites (tertiary alicyclic amines) is 1. The van der Waals surface area contributed by atoms with E-state index < -0.39 is 0 Å². The highest BCUT2D eigenvalue weighted by atomic mass is 32.1. The van der Waals surface area contributed by atoms with E-state index in [9.17, 15) is 4.79 Å². The number of nitrogens with zero attached hydrogens (tertiary/aromatic N) is 1. The molecule has 0 radical (unpaired) electrons. The van der Waals surface area contributed by atoms with E-state index in [0.29, 0.717) is 4.99 Å².